The molecule has 0 fully saturated rings. The van der Waals surface area contributed by atoms with E-state index < -0.39 is 5.97 Å². The largest absolute Gasteiger partial charge is 0.494 e. The highest BCUT2D eigenvalue weighted by molar-refractivity contribution is 6.13. The monoisotopic (exact) mass is 449 g/mol. The standard InChI is InChI=1S/C27H31NO5/c1-4-5-6-15-31-23-13-14-24-20(16-23)9-7-12-25(24)27(30)28-21-10-8-11-22(17-21)32-18-26(29)33-19(2)3/h7-14,16-17,19H,4-6,15,18H2,1-3H3,(H,28,30). The minimum atomic E-state index is -0.441. The fourth-order valence-corrected chi connectivity index (χ4v) is 3.39. The van der Waals surface area contributed by atoms with E-state index in [1.54, 1.807) is 44.2 Å². The lowest BCUT2D eigenvalue weighted by Crippen LogP contribution is -2.18. The molecule has 0 saturated heterocycles. The Hall–Kier alpha value is -3.54. The molecular formula is C27H31NO5. The molecule has 33 heavy (non-hydrogen) atoms. The Morgan fingerprint density at radius 2 is 1.70 bits per heavy atom. The molecule has 174 valence electrons. The van der Waals surface area contributed by atoms with Crippen molar-refractivity contribution in [3.8, 4) is 11.5 Å². The topological polar surface area (TPSA) is 73.9 Å². The molecular weight excluding hydrogens is 418 g/mol. The zero-order valence-electron chi connectivity index (χ0n) is 19.4. The smallest absolute Gasteiger partial charge is 0.344 e. The number of ether oxygens (including phenoxy) is 3. The Morgan fingerprint density at radius 3 is 2.48 bits per heavy atom. The lowest BCUT2D eigenvalue weighted by atomic mass is 10.0. The number of rotatable bonds is 11. The first kappa shape index (κ1) is 24.1. The van der Waals surface area contributed by atoms with Crippen LogP contribution in [0.2, 0.25) is 0 Å². The van der Waals surface area contributed by atoms with Gasteiger partial charge in [-0.15, -0.1) is 0 Å². The average Bonchev–Trinajstić information content (AvgIpc) is 2.80. The van der Waals surface area contributed by atoms with Gasteiger partial charge in [-0.05, 0) is 67.4 Å². The van der Waals surface area contributed by atoms with Gasteiger partial charge in [-0.1, -0.05) is 38.0 Å². The third-order valence-electron chi connectivity index (χ3n) is 4.93. The van der Waals surface area contributed by atoms with Gasteiger partial charge >= 0.3 is 5.97 Å². The van der Waals surface area contributed by atoms with Gasteiger partial charge in [0.15, 0.2) is 6.61 Å². The van der Waals surface area contributed by atoms with Crippen LogP contribution in [-0.2, 0) is 9.53 Å². The molecule has 0 radical (unpaired) electrons. The number of esters is 1. The van der Waals surface area contributed by atoms with E-state index in [1.807, 2.05) is 30.3 Å². The van der Waals surface area contributed by atoms with Crippen molar-refractivity contribution in [1.82, 2.24) is 0 Å². The molecule has 3 rings (SSSR count). The third kappa shape index (κ3) is 7.24. The lowest BCUT2D eigenvalue weighted by Gasteiger charge is -2.12. The molecule has 0 bridgehead atoms. The zero-order valence-corrected chi connectivity index (χ0v) is 19.4. The van der Waals surface area contributed by atoms with Crippen molar-refractivity contribution in [2.24, 2.45) is 0 Å². The van der Waals surface area contributed by atoms with Gasteiger partial charge in [0.05, 0.1) is 12.7 Å². The first-order valence-electron chi connectivity index (χ1n) is 11.4. The third-order valence-corrected chi connectivity index (χ3v) is 4.93. The van der Waals surface area contributed by atoms with Crippen molar-refractivity contribution >= 4 is 28.3 Å². The van der Waals surface area contributed by atoms with Gasteiger partial charge in [0.25, 0.3) is 5.91 Å². The van der Waals surface area contributed by atoms with E-state index >= 15 is 0 Å². The van der Waals surface area contributed by atoms with Crippen molar-refractivity contribution in [2.75, 3.05) is 18.5 Å². The van der Waals surface area contributed by atoms with Gasteiger partial charge in [-0.2, -0.15) is 0 Å². The summed E-state index contributed by atoms with van der Waals surface area (Å²) in [4.78, 5) is 24.7. The first-order valence-corrected chi connectivity index (χ1v) is 11.4. The van der Waals surface area contributed by atoms with Crippen LogP contribution in [0.3, 0.4) is 0 Å². The number of hydrogen-bond acceptors (Lipinski definition) is 5. The summed E-state index contributed by atoms with van der Waals surface area (Å²) in [6.07, 6.45) is 3.13. The molecule has 0 heterocycles. The van der Waals surface area contributed by atoms with Crippen molar-refractivity contribution in [3.05, 3.63) is 66.2 Å². The van der Waals surface area contributed by atoms with Crippen LogP contribution in [0.1, 0.15) is 50.4 Å². The molecule has 0 aromatic heterocycles. The molecule has 6 nitrogen and oxygen atoms in total. The first-order chi connectivity index (χ1) is 16.0. The number of benzene rings is 3. The normalized spacial score (nSPS) is 10.8. The molecule has 0 aliphatic heterocycles. The maximum Gasteiger partial charge on any atom is 0.344 e. The Kier molecular flexibility index (Phi) is 8.70. The van der Waals surface area contributed by atoms with Gasteiger partial charge in [-0.3, -0.25) is 4.79 Å². The summed E-state index contributed by atoms with van der Waals surface area (Å²) >= 11 is 0. The molecule has 1 N–H and O–H groups in total. The molecule has 0 spiro atoms. The fourth-order valence-electron chi connectivity index (χ4n) is 3.39. The summed E-state index contributed by atoms with van der Waals surface area (Å²) in [6, 6.07) is 18.3. The Labute approximate surface area is 194 Å². The highest BCUT2D eigenvalue weighted by Gasteiger charge is 2.12. The number of hydrogen-bond donors (Lipinski definition) is 1. The fraction of sp³-hybridized carbons (Fsp3) is 0.333. The molecule has 0 aliphatic rings. The zero-order chi connectivity index (χ0) is 23.6. The van der Waals surface area contributed by atoms with Crippen molar-refractivity contribution in [3.63, 3.8) is 0 Å². The second kappa shape index (κ2) is 11.9. The van der Waals surface area contributed by atoms with Gasteiger partial charge in [-0.25, -0.2) is 4.79 Å². The number of carbonyl (C=O) groups is 2. The summed E-state index contributed by atoms with van der Waals surface area (Å²) < 4.78 is 16.4. The summed E-state index contributed by atoms with van der Waals surface area (Å²) in [6.45, 7) is 6.22. The number of carbonyl (C=O) groups excluding carboxylic acids is 2. The second-order valence-corrected chi connectivity index (χ2v) is 8.05. The van der Waals surface area contributed by atoms with E-state index in [0.29, 0.717) is 23.6 Å². The summed E-state index contributed by atoms with van der Waals surface area (Å²) in [5, 5.41) is 4.70. The SMILES string of the molecule is CCCCCOc1ccc2c(C(=O)Nc3cccc(OCC(=O)OC(C)C)c3)cccc2c1. The van der Waals surface area contributed by atoms with E-state index in [9.17, 15) is 9.59 Å². The van der Waals surface area contributed by atoms with Crippen LogP contribution < -0.4 is 14.8 Å². The van der Waals surface area contributed by atoms with Crippen LogP contribution in [0.15, 0.2) is 60.7 Å². The molecule has 3 aromatic rings. The molecule has 0 unspecified atom stereocenters. The highest BCUT2D eigenvalue weighted by atomic mass is 16.6. The van der Waals surface area contributed by atoms with Gasteiger partial charge in [0.2, 0.25) is 0 Å². The van der Waals surface area contributed by atoms with Crippen LogP contribution in [-0.4, -0.2) is 31.2 Å². The quantitative estimate of drug-likeness (QED) is 0.287. The maximum atomic E-state index is 13.0. The van der Waals surface area contributed by atoms with Crippen LogP contribution in [0.5, 0.6) is 11.5 Å². The van der Waals surface area contributed by atoms with Crippen molar-refractivity contribution in [1.29, 1.82) is 0 Å². The number of fused-ring (bicyclic) bond motifs is 1. The Balaban J connectivity index is 1.67. The molecule has 0 saturated carbocycles. The van der Waals surface area contributed by atoms with Crippen LogP contribution >= 0.6 is 0 Å². The van der Waals surface area contributed by atoms with E-state index in [-0.39, 0.29) is 18.6 Å². The number of anilines is 1. The van der Waals surface area contributed by atoms with Crippen molar-refractivity contribution < 1.29 is 23.8 Å². The molecule has 1 amide bonds. The summed E-state index contributed by atoms with van der Waals surface area (Å²) in [5.41, 5.74) is 1.14. The van der Waals surface area contributed by atoms with Crippen LogP contribution in [0, 0.1) is 0 Å². The molecule has 6 heteroatoms. The van der Waals surface area contributed by atoms with E-state index in [4.69, 9.17) is 14.2 Å². The number of unbranched alkanes of at least 4 members (excludes halogenated alkanes) is 2. The molecule has 0 atom stereocenters. The lowest BCUT2D eigenvalue weighted by molar-refractivity contribution is -0.149. The van der Waals surface area contributed by atoms with E-state index in [2.05, 4.69) is 12.2 Å². The van der Waals surface area contributed by atoms with Crippen LogP contribution in [0.25, 0.3) is 10.8 Å². The predicted molar refractivity (Wildman–Crippen MR) is 130 cm³/mol. The number of nitrogens with one attached hydrogen (secondary N) is 1. The van der Waals surface area contributed by atoms with Crippen molar-refractivity contribution in [2.45, 2.75) is 46.1 Å². The highest BCUT2D eigenvalue weighted by Crippen LogP contribution is 2.26. The molecule has 0 aliphatic carbocycles. The van der Waals surface area contributed by atoms with E-state index in [0.717, 1.165) is 35.8 Å². The second-order valence-electron chi connectivity index (χ2n) is 8.05. The van der Waals surface area contributed by atoms with Gasteiger partial charge < -0.3 is 19.5 Å². The summed E-state index contributed by atoms with van der Waals surface area (Å²) in [7, 11) is 0. The molecule has 3 aromatic carbocycles. The minimum Gasteiger partial charge on any atom is -0.494 e. The van der Waals surface area contributed by atoms with E-state index in [1.165, 1.54) is 0 Å². The average molecular weight is 450 g/mol. The van der Waals surface area contributed by atoms with Gasteiger partial charge in [0.1, 0.15) is 11.5 Å². The summed E-state index contributed by atoms with van der Waals surface area (Å²) in [5.74, 6) is 0.603. The predicted octanol–water partition coefficient (Wildman–Crippen LogP) is 5.99. The van der Waals surface area contributed by atoms with Gasteiger partial charge in [0, 0.05) is 17.3 Å². The maximum absolute atomic E-state index is 13.0. The number of amides is 1. The minimum absolute atomic E-state index is 0.193. The Bertz CT molecular complexity index is 1090. The van der Waals surface area contributed by atoms with Crippen LogP contribution in [0.4, 0.5) is 5.69 Å². The Morgan fingerprint density at radius 1 is 0.909 bits per heavy atom.